The molecule has 0 saturated heterocycles. The third-order valence-corrected chi connectivity index (χ3v) is 6.71. The number of rotatable bonds is 11. The molecule has 1 atom stereocenters. The topological polar surface area (TPSA) is 98.1 Å². The van der Waals surface area contributed by atoms with Gasteiger partial charge in [0.2, 0.25) is 11.8 Å². The SMILES string of the molecule is C=CCn1c(SCC(=O)Nc2cccc3ccccc23)nnc1[C@@H](C)NC(=O)Cc1ccc(OC)cc1. The molecular formula is C28H29N5O3S. The molecule has 3 aromatic carbocycles. The lowest BCUT2D eigenvalue weighted by molar-refractivity contribution is -0.121. The normalized spacial score (nSPS) is 11.6. The van der Waals surface area contributed by atoms with Gasteiger partial charge in [0.05, 0.1) is 25.3 Å². The second kappa shape index (κ2) is 12.2. The summed E-state index contributed by atoms with van der Waals surface area (Å²) < 4.78 is 7.02. The smallest absolute Gasteiger partial charge is 0.234 e. The predicted octanol–water partition coefficient (Wildman–Crippen LogP) is 4.78. The zero-order valence-corrected chi connectivity index (χ0v) is 21.6. The van der Waals surface area contributed by atoms with Crippen molar-refractivity contribution in [3.63, 3.8) is 0 Å². The monoisotopic (exact) mass is 515 g/mol. The van der Waals surface area contributed by atoms with Crippen LogP contribution in [-0.2, 0) is 22.6 Å². The predicted molar refractivity (Wildman–Crippen MR) is 147 cm³/mol. The summed E-state index contributed by atoms with van der Waals surface area (Å²) in [5.74, 6) is 1.23. The van der Waals surface area contributed by atoms with Crippen LogP contribution >= 0.6 is 11.8 Å². The summed E-state index contributed by atoms with van der Waals surface area (Å²) in [6.07, 6.45) is 1.97. The Kier molecular flexibility index (Phi) is 8.58. The fourth-order valence-corrected chi connectivity index (χ4v) is 4.72. The van der Waals surface area contributed by atoms with E-state index in [1.807, 2.05) is 78.2 Å². The molecular weight excluding hydrogens is 486 g/mol. The van der Waals surface area contributed by atoms with Gasteiger partial charge in [-0.3, -0.25) is 9.59 Å². The first-order valence-electron chi connectivity index (χ1n) is 11.8. The molecule has 9 heteroatoms. The minimum Gasteiger partial charge on any atom is -0.497 e. The Balaban J connectivity index is 1.38. The van der Waals surface area contributed by atoms with Crippen LogP contribution in [0.15, 0.2) is 84.5 Å². The van der Waals surface area contributed by atoms with Gasteiger partial charge >= 0.3 is 0 Å². The average molecular weight is 516 g/mol. The number of allylic oxidation sites excluding steroid dienone is 1. The van der Waals surface area contributed by atoms with Crippen molar-refractivity contribution in [2.24, 2.45) is 0 Å². The van der Waals surface area contributed by atoms with Gasteiger partial charge in [0.1, 0.15) is 5.75 Å². The van der Waals surface area contributed by atoms with Gasteiger partial charge in [-0.25, -0.2) is 0 Å². The Morgan fingerprint density at radius 1 is 1.05 bits per heavy atom. The van der Waals surface area contributed by atoms with Gasteiger partial charge < -0.3 is 19.9 Å². The number of carbonyl (C=O) groups excluding carboxylic acids is 2. The van der Waals surface area contributed by atoms with Crippen LogP contribution in [0.25, 0.3) is 10.8 Å². The molecule has 0 fully saturated rings. The van der Waals surface area contributed by atoms with Crippen molar-refractivity contribution in [2.75, 3.05) is 18.2 Å². The number of nitrogens with zero attached hydrogens (tertiary/aromatic N) is 3. The van der Waals surface area contributed by atoms with E-state index in [0.717, 1.165) is 27.8 Å². The fraction of sp³-hybridized carbons (Fsp3) is 0.214. The summed E-state index contributed by atoms with van der Waals surface area (Å²) in [5, 5.41) is 17.2. The molecule has 2 amide bonds. The molecule has 0 aliphatic heterocycles. The van der Waals surface area contributed by atoms with Crippen LogP contribution in [0, 0.1) is 0 Å². The number of hydrogen-bond donors (Lipinski definition) is 2. The minimum atomic E-state index is -0.378. The zero-order chi connectivity index (χ0) is 26.2. The first kappa shape index (κ1) is 26.0. The number of aromatic nitrogens is 3. The lowest BCUT2D eigenvalue weighted by Gasteiger charge is -2.15. The number of thioether (sulfide) groups is 1. The summed E-state index contributed by atoms with van der Waals surface area (Å²) in [4.78, 5) is 25.4. The van der Waals surface area contributed by atoms with Crippen LogP contribution in [0.4, 0.5) is 5.69 Å². The number of benzene rings is 3. The van der Waals surface area contributed by atoms with E-state index in [4.69, 9.17) is 4.74 Å². The summed E-state index contributed by atoms with van der Waals surface area (Å²) in [6.45, 7) is 6.14. The van der Waals surface area contributed by atoms with Crippen LogP contribution in [0.1, 0.15) is 24.4 Å². The molecule has 2 N–H and O–H groups in total. The van der Waals surface area contributed by atoms with Crippen molar-refractivity contribution in [1.82, 2.24) is 20.1 Å². The maximum atomic E-state index is 12.7. The first-order valence-corrected chi connectivity index (χ1v) is 12.8. The molecule has 0 aliphatic rings. The van der Waals surface area contributed by atoms with E-state index in [1.54, 1.807) is 13.2 Å². The van der Waals surface area contributed by atoms with Gasteiger partial charge in [-0.15, -0.1) is 16.8 Å². The Morgan fingerprint density at radius 2 is 1.81 bits per heavy atom. The highest BCUT2D eigenvalue weighted by atomic mass is 32.2. The maximum Gasteiger partial charge on any atom is 0.234 e. The van der Waals surface area contributed by atoms with E-state index in [0.29, 0.717) is 17.5 Å². The van der Waals surface area contributed by atoms with E-state index < -0.39 is 0 Å². The number of hydrogen-bond acceptors (Lipinski definition) is 6. The lowest BCUT2D eigenvalue weighted by Crippen LogP contribution is -2.30. The van der Waals surface area contributed by atoms with Crippen molar-refractivity contribution in [1.29, 1.82) is 0 Å². The second-order valence-electron chi connectivity index (χ2n) is 8.42. The molecule has 190 valence electrons. The molecule has 4 aromatic rings. The molecule has 0 radical (unpaired) electrons. The van der Waals surface area contributed by atoms with Gasteiger partial charge in [-0.05, 0) is 36.1 Å². The number of ether oxygens (including phenoxy) is 1. The van der Waals surface area contributed by atoms with Crippen LogP contribution in [0.5, 0.6) is 5.75 Å². The third kappa shape index (κ3) is 6.56. The number of methoxy groups -OCH3 is 1. The van der Waals surface area contributed by atoms with E-state index >= 15 is 0 Å². The molecule has 0 unspecified atom stereocenters. The minimum absolute atomic E-state index is 0.130. The van der Waals surface area contributed by atoms with Crippen molar-refractivity contribution in [3.8, 4) is 5.75 Å². The highest BCUT2D eigenvalue weighted by Crippen LogP contribution is 2.25. The number of nitrogens with one attached hydrogen (secondary N) is 2. The number of anilines is 1. The summed E-state index contributed by atoms with van der Waals surface area (Å²) >= 11 is 1.29. The van der Waals surface area contributed by atoms with Gasteiger partial charge in [-0.1, -0.05) is 66.4 Å². The molecule has 0 spiro atoms. The van der Waals surface area contributed by atoms with Crippen LogP contribution in [0.3, 0.4) is 0 Å². The molecule has 0 saturated carbocycles. The summed E-state index contributed by atoms with van der Waals surface area (Å²) in [5.41, 5.74) is 1.65. The lowest BCUT2D eigenvalue weighted by atomic mass is 10.1. The van der Waals surface area contributed by atoms with Crippen molar-refractivity contribution in [2.45, 2.75) is 31.1 Å². The quantitative estimate of drug-likeness (QED) is 0.220. The molecule has 0 bridgehead atoms. The van der Waals surface area contributed by atoms with E-state index in [2.05, 4.69) is 27.4 Å². The van der Waals surface area contributed by atoms with Crippen LogP contribution in [-0.4, -0.2) is 39.4 Å². The van der Waals surface area contributed by atoms with E-state index in [1.165, 1.54) is 11.8 Å². The summed E-state index contributed by atoms with van der Waals surface area (Å²) in [6, 6.07) is 20.7. The molecule has 37 heavy (non-hydrogen) atoms. The molecule has 0 aliphatic carbocycles. The standard InChI is InChI=1S/C28H29N5O3S/c1-4-16-33-27(19(2)29-25(34)17-20-12-14-22(36-3)15-13-20)31-32-28(33)37-18-26(35)30-24-11-7-9-21-8-5-6-10-23(21)24/h4-15,19H,1,16-18H2,2-3H3,(H,29,34)(H,30,35)/t19-/m1/s1. The molecule has 1 heterocycles. The van der Waals surface area contributed by atoms with Gasteiger partial charge in [-0.2, -0.15) is 0 Å². The maximum absolute atomic E-state index is 12.7. The van der Waals surface area contributed by atoms with Crippen LogP contribution in [0.2, 0.25) is 0 Å². The molecule has 1 aromatic heterocycles. The van der Waals surface area contributed by atoms with Crippen LogP contribution < -0.4 is 15.4 Å². The second-order valence-corrected chi connectivity index (χ2v) is 9.36. The number of amides is 2. The molecule has 8 nitrogen and oxygen atoms in total. The third-order valence-electron chi connectivity index (χ3n) is 5.74. The number of fused-ring (bicyclic) bond motifs is 1. The van der Waals surface area contributed by atoms with Gasteiger partial charge in [0.25, 0.3) is 0 Å². The van der Waals surface area contributed by atoms with Crippen molar-refractivity contribution in [3.05, 3.63) is 90.8 Å². The Morgan fingerprint density at radius 3 is 2.57 bits per heavy atom. The van der Waals surface area contributed by atoms with Crippen molar-refractivity contribution >= 4 is 40.0 Å². The largest absolute Gasteiger partial charge is 0.497 e. The van der Waals surface area contributed by atoms with E-state index in [9.17, 15) is 9.59 Å². The zero-order valence-electron chi connectivity index (χ0n) is 20.8. The molecule has 4 rings (SSSR count). The number of carbonyl (C=O) groups is 2. The van der Waals surface area contributed by atoms with Crippen molar-refractivity contribution < 1.29 is 14.3 Å². The average Bonchev–Trinajstić information content (AvgIpc) is 3.31. The fourth-order valence-electron chi connectivity index (χ4n) is 3.96. The van der Waals surface area contributed by atoms with E-state index in [-0.39, 0.29) is 30.0 Å². The first-order chi connectivity index (χ1) is 18.0. The Hall–Kier alpha value is -4.11. The highest BCUT2D eigenvalue weighted by Gasteiger charge is 2.20. The van der Waals surface area contributed by atoms with Gasteiger partial charge in [0, 0.05) is 17.6 Å². The highest BCUT2D eigenvalue weighted by molar-refractivity contribution is 7.99. The summed E-state index contributed by atoms with van der Waals surface area (Å²) in [7, 11) is 1.60. The Bertz CT molecular complexity index is 1400. The van der Waals surface area contributed by atoms with Gasteiger partial charge in [0.15, 0.2) is 11.0 Å². The Labute approximate surface area is 220 Å².